The fourth-order valence-electron chi connectivity index (χ4n) is 1.61. The van der Waals surface area contributed by atoms with Gasteiger partial charge in [0.05, 0.1) is 6.42 Å². The molecule has 2 N–H and O–H groups in total. The van der Waals surface area contributed by atoms with Gasteiger partial charge in [0.2, 0.25) is 0 Å². The Hall–Kier alpha value is -1.99. The number of rotatable bonds is 7. The fraction of sp³-hybridized carbons (Fsp3) is 0.545. The molecule has 1 heterocycles. The molecule has 0 bridgehead atoms. The van der Waals surface area contributed by atoms with Gasteiger partial charge >= 0.3 is 12.5 Å². The second-order valence-corrected chi connectivity index (χ2v) is 4.02. The molecule has 0 radical (unpaired) electrons. The third kappa shape index (κ3) is 4.65. The highest BCUT2D eigenvalue weighted by Gasteiger charge is 2.18. The first kappa shape index (κ1) is 15.1. The third-order valence-corrected chi connectivity index (χ3v) is 2.43. The molecule has 0 aromatic carbocycles. The number of halogens is 2. The number of carboxylic acids is 1. The molecule has 0 saturated heterocycles. The van der Waals surface area contributed by atoms with Gasteiger partial charge in [-0.3, -0.25) is 9.59 Å². The van der Waals surface area contributed by atoms with E-state index in [1.165, 1.54) is 0 Å². The van der Waals surface area contributed by atoms with E-state index in [-0.39, 0.29) is 12.1 Å². The van der Waals surface area contributed by atoms with E-state index in [0.717, 1.165) is 12.3 Å². The van der Waals surface area contributed by atoms with E-state index in [0.29, 0.717) is 17.5 Å². The van der Waals surface area contributed by atoms with Crippen molar-refractivity contribution in [3.63, 3.8) is 0 Å². The van der Waals surface area contributed by atoms with E-state index in [4.69, 9.17) is 5.11 Å². The summed E-state index contributed by atoms with van der Waals surface area (Å²) < 4.78 is 24.9. The van der Waals surface area contributed by atoms with Gasteiger partial charge in [-0.25, -0.2) is 4.68 Å². The number of hydrogen-bond acceptors (Lipinski definition) is 3. The fourth-order valence-corrected chi connectivity index (χ4v) is 1.61. The van der Waals surface area contributed by atoms with Crippen LogP contribution < -0.4 is 5.32 Å². The van der Waals surface area contributed by atoms with E-state index >= 15 is 0 Å². The summed E-state index contributed by atoms with van der Waals surface area (Å²) in [4.78, 5) is 22.3. The summed E-state index contributed by atoms with van der Waals surface area (Å²) >= 11 is 0. The van der Waals surface area contributed by atoms with Gasteiger partial charge in [-0.1, -0.05) is 13.3 Å². The maximum absolute atomic E-state index is 12.3. The van der Waals surface area contributed by atoms with Crippen LogP contribution in [0.5, 0.6) is 0 Å². The smallest absolute Gasteiger partial charge is 0.333 e. The predicted octanol–water partition coefficient (Wildman–Crippen LogP) is 1.65. The summed E-state index contributed by atoms with van der Waals surface area (Å²) in [6.07, 6.45) is 1.97. The van der Waals surface area contributed by atoms with E-state index in [9.17, 15) is 18.4 Å². The largest absolute Gasteiger partial charge is 0.481 e. The number of alkyl halides is 2. The molecule has 0 fully saturated rings. The zero-order chi connectivity index (χ0) is 14.4. The van der Waals surface area contributed by atoms with Crippen molar-refractivity contribution in [3.8, 4) is 0 Å². The van der Waals surface area contributed by atoms with Crippen LogP contribution in [0.3, 0.4) is 0 Å². The Morgan fingerprint density at radius 2 is 2.21 bits per heavy atom. The molecular formula is C11H15F2N3O3. The van der Waals surface area contributed by atoms with Gasteiger partial charge in [0.15, 0.2) is 0 Å². The van der Waals surface area contributed by atoms with E-state index in [1.54, 1.807) is 0 Å². The highest BCUT2D eigenvalue weighted by Crippen LogP contribution is 2.09. The minimum atomic E-state index is -2.81. The molecule has 1 aromatic heterocycles. The Balaban J connectivity index is 2.67. The standard InChI is InChI=1S/C11H15F2N3O3/c1-2-3-7(6-9(17)18)14-10(19)8-4-5-16(15-8)11(12)13/h4-5,7,11H,2-3,6H2,1H3,(H,14,19)(H,17,18)/t7-/m0/s1. The van der Waals surface area contributed by atoms with Gasteiger partial charge in [0, 0.05) is 12.2 Å². The summed E-state index contributed by atoms with van der Waals surface area (Å²) in [5.41, 5.74) is -0.160. The van der Waals surface area contributed by atoms with Crippen molar-refractivity contribution in [1.82, 2.24) is 15.1 Å². The van der Waals surface area contributed by atoms with Crippen molar-refractivity contribution in [2.75, 3.05) is 0 Å². The van der Waals surface area contributed by atoms with Crippen LogP contribution in [0.15, 0.2) is 12.3 Å². The van der Waals surface area contributed by atoms with E-state index in [2.05, 4.69) is 10.4 Å². The van der Waals surface area contributed by atoms with Crippen molar-refractivity contribution in [3.05, 3.63) is 18.0 Å². The Morgan fingerprint density at radius 3 is 2.68 bits per heavy atom. The molecule has 1 atom stereocenters. The summed E-state index contributed by atoms with van der Waals surface area (Å²) in [6.45, 7) is -0.959. The molecule has 0 spiro atoms. The predicted molar refractivity (Wildman–Crippen MR) is 61.9 cm³/mol. The lowest BCUT2D eigenvalue weighted by Crippen LogP contribution is -2.36. The molecule has 0 unspecified atom stereocenters. The van der Waals surface area contributed by atoms with E-state index < -0.39 is 24.5 Å². The Bertz CT molecular complexity index is 448. The monoisotopic (exact) mass is 275 g/mol. The number of carbonyl (C=O) groups excluding carboxylic acids is 1. The van der Waals surface area contributed by atoms with Gasteiger partial charge in [0.25, 0.3) is 5.91 Å². The highest BCUT2D eigenvalue weighted by atomic mass is 19.3. The highest BCUT2D eigenvalue weighted by molar-refractivity contribution is 5.92. The number of nitrogens with zero attached hydrogens (tertiary/aromatic N) is 2. The molecule has 0 aliphatic carbocycles. The van der Waals surface area contributed by atoms with Crippen LogP contribution in [0.1, 0.15) is 43.2 Å². The number of carboxylic acid groups (broad SMARTS) is 1. The number of amides is 1. The minimum absolute atomic E-state index is 0.160. The van der Waals surface area contributed by atoms with Crippen molar-refractivity contribution in [2.45, 2.75) is 38.8 Å². The summed E-state index contributed by atoms with van der Waals surface area (Å²) in [5, 5.41) is 14.6. The number of nitrogens with one attached hydrogen (secondary N) is 1. The zero-order valence-corrected chi connectivity index (χ0v) is 10.3. The summed E-state index contributed by atoms with van der Waals surface area (Å²) in [7, 11) is 0. The van der Waals surface area contributed by atoms with Crippen LogP contribution >= 0.6 is 0 Å². The molecule has 0 aliphatic heterocycles. The Kier molecular flexibility index (Phi) is 5.40. The van der Waals surface area contributed by atoms with Gasteiger partial charge in [-0.15, -0.1) is 0 Å². The molecule has 8 heteroatoms. The maximum atomic E-state index is 12.3. The second kappa shape index (κ2) is 6.81. The van der Waals surface area contributed by atoms with Crippen molar-refractivity contribution >= 4 is 11.9 Å². The van der Waals surface area contributed by atoms with Crippen molar-refractivity contribution in [1.29, 1.82) is 0 Å². The molecule has 106 valence electrons. The molecule has 1 aromatic rings. The first-order valence-corrected chi connectivity index (χ1v) is 5.80. The molecule has 6 nitrogen and oxygen atoms in total. The topological polar surface area (TPSA) is 84.2 Å². The van der Waals surface area contributed by atoms with Crippen LogP contribution in [0.25, 0.3) is 0 Å². The Labute approximate surface area is 108 Å². The zero-order valence-electron chi connectivity index (χ0n) is 10.3. The first-order valence-electron chi connectivity index (χ1n) is 5.80. The Morgan fingerprint density at radius 1 is 1.53 bits per heavy atom. The minimum Gasteiger partial charge on any atom is -0.481 e. The number of aromatic nitrogens is 2. The lowest BCUT2D eigenvalue weighted by atomic mass is 10.1. The second-order valence-electron chi connectivity index (χ2n) is 4.02. The van der Waals surface area contributed by atoms with Crippen LogP contribution in [0, 0.1) is 0 Å². The van der Waals surface area contributed by atoms with E-state index in [1.807, 2.05) is 6.92 Å². The quantitative estimate of drug-likeness (QED) is 0.792. The molecule has 19 heavy (non-hydrogen) atoms. The van der Waals surface area contributed by atoms with Crippen LogP contribution in [0.4, 0.5) is 8.78 Å². The van der Waals surface area contributed by atoms with Crippen molar-refractivity contribution < 1.29 is 23.5 Å². The number of aliphatic carboxylic acids is 1. The average Bonchev–Trinajstić information content (AvgIpc) is 2.77. The molecule has 0 aliphatic rings. The molecular weight excluding hydrogens is 260 g/mol. The third-order valence-electron chi connectivity index (χ3n) is 2.43. The first-order chi connectivity index (χ1) is 8.93. The lowest BCUT2D eigenvalue weighted by molar-refractivity contribution is -0.137. The van der Waals surface area contributed by atoms with Gasteiger partial charge in [-0.05, 0) is 12.5 Å². The van der Waals surface area contributed by atoms with Crippen molar-refractivity contribution in [2.24, 2.45) is 0 Å². The molecule has 0 saturated carbocycles. The van der Waals surface area contributed by atoms with Crippen LogP contribution in [0.2, 0.25) is 0 Å². The summed E-state index contributed by atoms with van der Waals surface area (Å²) in [6, 6.07) is 0.623. The number of hydrogen-bond donors (Lipinski definition) is 2. The van der Waals surface area contributed by atoms with Gasteiger partial charge < -0.3 is 10.4 Å². The van der Waals surface area contributed by atoms with Crippen LogP contribution in [-0.4, -0.2) is 32.8 Å². The maximum Gasteiger partial charge on any atom is 0.333 e. The molecule has 1 amide bonds. The lowest BCUT2D eigenvalue weighted by Gasteiger charge is -2.15. The average molecular weight is 275 g/mol. The van der Waals surface area contributed by atoms with Gasteiger partial charge in [0.1, 0.15) is 5.69 Å². The summed E-state index contributed by atoms with van der Waals surface area (Å²) in [5.74, 6) is -1.68. The normalized spacial score (nSPS) is 12.4. The van der Waals surface area contributed by atoms with Gasteiger partial charge in [-0.2, -0.15) is 13.9 Å². The molecule has 1 rings (SSSR count). The number of carbonyl (C=O) groups is 2. The SMILES string of the molecule is CCC[C@@H](CC(=O)O)NC(=O)c1ccn(C(F)F)n1. The van der Waals surface area contributed by atoms with Crippen LogP contribution in [-0.2, 0) is 4.79 Å².